The molecular formula is C12H17ClN4. The summed E-state index contributed by atoms with van der Waals surface area (Å²) >= 11 is 6.28. The SMILES string of the molecule is CCn1nc(C)c(Cl)c1Cn1cnc(C)c1C. The van der Waals surface area contributed by atoms with Crippen LogP contribution in [0.5, 0.6) is 0 Å². The highest BCUT2D eigenvalue weighted by molar-refractivity contribution is 6.31. The Labute approximate surface area is 106 Å². The molecule has 0 unspecified atom stereocenters. The van der Waals surface area contributed by atoms with Gasteiger partial charge in [0.25, 0.3) is 0 Å². The number of halogens is 1. The van der Waals surface area contributed by atoms with Crippen molar-refractivity contribution in [2.24, 2.45) is 0 Å². The summed E-state index contributed by atoms with van der Waals surface area (Å²) in [6.07, 6.45) is 1.85. The summed E-state index contributed by atoms with van der Waals surface area (Å²) < 4.78 is 4.05. The van der Waals surface area contributed by atoms with Crippen molar-refractivity contribution in [2.75, 3.05) is 0 Å². The third-order valence-corrected chi connectivity index (χ3v) is 3.61. The monoisotopic (exact) mass is 252 g/mol. The molecule has 0 spiro atoms. The Morgan fingerprint density at radius 1 is 1.24 bits per heavy atom. The van der Waals surface area contributed by atoms with Crippen LogP contribution >= 0.6 is 11.6 Å². The third-order valence-electron chi connectivity index (χ3n) is 3.12. The van der Waals surface area contributed by atoms with Gasteiger partial charge in [0.15, 0.2) is 0 Å². The van der Waals surface area contributed by atoms with E-state index in [0.717, 1.165) is 35.2 Å². The van der Waals surface area contributed by atoms with E-state index in [1.165, 1.54) is 5.69 Å². The lowest BCUT2D eigenvalue weighted by atomic mass is 10.3. The Balaban J connectivity index is 2.39. The van der Waals surface area contributed by atoms with Crippen molar-refractivity contribution in [3.8, 4) is 0 Å². The molecule has 2 heterocycles. The number of rotatable bonds is 3. The van der Waals surface area contributed by atoms with E-state index in [-0.39, 0.29) is 0 Å². The van der Waals surface area contributed by atoms with Gasteiger partial charge in [0, 0.05) is 12.2 Å². The third kappa shape index (κ3) is 2.09. The minimum absolute atomic E-state index is 0.722. The van der Waals surface area contributed by atoms with Gasteiger partial charge < -0.3 is 4.57 Å². The second kappa shape index (κ2) is 4.53. The van der Waals surface area contributed by atoms with E-state index >= 15 is 0 Å². The maximum Gasteiger partial charge on any atom is 0.0955 e. The van der Waals surface area contributed by atoms with Gasteiger partial charge in [-0.25, -0.2) is 4.98 Å². The van der Waals surface area contributed by atoms with Crippen LogP contribution in [0.25, 0.3) is 0 Å². The topological polar surface area (TPSA) is 35.6 Å². The summed E-state index contributed by atoms with van der Waals surface area (Å²) in [5.41, 5.74) is 4.16. The van der Waals surface area contributed by atoms with Crippen LogP contribution in [0.3, 0.4) is 0 Å². The van der Waals surface area contributed by atoms with Gasteiger partial charge in [-0.15, -0.1) is 0 Å². The molecule has 0 N–H and O–H groups in total. The quantitative estimate of drug-likeness (QED) is 0.842. The molecule has 0 saturated heterocycles. The van der Waals surface area contributed by atoms with E-state index in [0.29, 0.717) is 0 Å². The first-order valence-corrected chi connectivity index (χ1v) is 6.12. The molecule has 2 rings (SSSR count). The number of hydrogen-bond acceptors (Lipinski definition) is 2. The van der Waals surface area contributed by atoms with Crippen molar-refractivity contribution in [3.63, 3.8) is 0 Å². The predicted octanol–water partition coefficient (Wildman–Crippen LogP) is 2.73. The fourth-order valence-electron chi connectivity index (χ4n) is 1.88. The van der Waals surface area contributed by atoms with Gasteiger partial charge in [-0.3, -0.25) is 4.68 Å². The van der Waals surface area contributed by atoms with Crippen LogP contribution < -0.4 is 0 Å². The van der Waals surface area contributed by atoms with Crippen molar-refractivity contribution in [1.29, 1.82) is 0 Å². The Morgan fingerprint density at radius 2 is 1.94 bits per heavy atom. The molecule has 0 radical (unpaired) electrons. The standard InChI is InChI=1S/C12H17ClN4/c1-5-17-11(12(13)9(3)15-17)6-16-7-14-8(2)10(16)4/h7H,5-6H2,1-4H3. The van der Waals surface area contributed by atoms with Gasteiger partial charge >= 0.3 is 0 Å². The van der Waals surface area contributed by atoms with Gasteiger partial charge in [0.05, 0.1) is 35.0 Å². The molecule has 0 fully saturated rings. The smallest absolute Gasteiger partial charge is 0.0955 e. The Hall–Kier alpha value is -1.29. The van der Waals surface area contributed by atoms with E-state index < -0.39 is 0 Å². The average Bonchev–Trinajstić information content (AvgIpc) is 2.76. The van der Waals surface area contributed by atoms with Crippen LogP contribution in [0.4, 0.5) is 0 Å². The van der Waals surface area contributed by atoms with Gasteiger partial charge in [0.1, 0.15) is 0 Å². The van der Waals surface area contributed by atoms with E-state index in [2.05, 4.69) is 28.5 Å². The molecule has 4 nitrogen and oxygen atoms in total. The highest BCUT2D eigenvalue weighted by Gasteiger charge is 2.14. The van der Waals surface area contributed by atoms with Crippen molar-refractivity contribution >= 4 is 11.6 Å². The zero-order valence-electron chi connectivity index (χ0n) is 10.7. The number of hydrogen-bond donors (Lipinski definition) is 0. The number of imidazole rings is 1. The average molecular weight is 253 g/mol. The normalized spacial score (nSPS) is 11.1. The molecule has 2 aromatic heterocycles. The molecule has 0 aliphatic rings. The minimum Gasteiger partial charge on any atom is -0.329 e. The first-order valence-electron chi connectivity index (χ1n) is 5.74. The summed E-state index contributed by atoms with van der Waals surface area (Å²) in [5.74, 6) is 0. The molecule has 17 heavy (non-hydrogen) atoms. The summed E-state index contributed by atoms with van der Waals surface area (Å²) in [7, 11) is 0. The zero-order chi connectivity index (χ0) is 12.6. The van der Waals surface area contributed by atoms with Crippen molar-refractivity contribution in [1.82, 2.24) is 19.3 Å². The van der Waals surface area contributed by atoms with E-state index in [1.54, 1.807) is 0 Å². The largest absolute Gasteiger partial charge is 0.329 e. The molecule has 2 aromatic rings. The lowest BCUT2D eigenvalue weighted by molar-refractivity contribution is 0.593. The highest BCUT2D eigenvalue weighted by atomic mass is 35.5. The van der Waals surface area contributed by atoms with Crippen LogP contribution in [0, 0.1) is 20.8 Å². The molecule has 0 atom stereocenters. The maximum atomic E-state index is 6.28. The van der Waals surface area contributed by atoms with Crippen LogP contribution in [0.15, 0.2) is 6.33 Å². The van der Waals surface area contributed by atoms with Crippen LogP contribution in [-0.4, -0.2) is 19.3 Å². The molecule has 0 saturated carbocycles. The molecule has 5 heteroatoms. The van der Waals surface area contributed by atoms with Gasteiger partial charge in [-0.2, -0.15) is 5.10 Å². The second-order valence-electron chi connectivity index (χ2n) is 4.21. The Bertz CT molecular complexity index is 539. The number of aryl methyl sites for hydroxylation is 3. The zero-order valence-corrected chi connectivity index (χ0v) is 11.4. The maximum absolute atomic E-state index is 6.28. The van der Waals surface area contributed by atoms with E-state index in [4.69, 9.17) is 11.6 Å². The lowest BCUT2D eigenvalue weighted by Gasteiger charge is -2.08. The molecule has 0 amide bonds. The van der Waals surface area contributed by atoms with E-state index in [9.17, 15) is 0 Å². The van der Waals surface area contributed by atoms with Gasteiger partial charge in [-0.1, -0.05) is 11.6 Å². The summed E-state index contributed by atoms with van der Waals surface area (Å²) in [5, 5.41) is 5.17. The fourth-order valence-corrected chi connectivity index (χ4v) is 2.08. The number of aromatic nitrogens is 4. The Kier molecular flexibility index (Phi) is 3.24. The highest BCUT2D eigenvalue weighted by Crippen LogP contribution is 2.22. The summed E-state index contributed by atoms with van der Waals surface area (Å²) in [4.78, 5) is 4.29. The molecular weight excluding hydrogens is 236 g/mol. The van der Waals surface area contributed by atoms with Crippen molar-refractivity contribution in [2.45, 2.75) is 40.8 Å². The van der Waals surface area contributed by atoms with Crippen molar-refractivity contribution in [3.05, 3.63) is 34.1 Å². The number of nitrogens with zero attached hydrogens (tertiary/aromatic N) is 4. The molecule has 0 aromatic carbocycles. The van der Waals surface area contributed by atoms with Gasteiger partial charge in [-0.05, 0) is 27.7 Å². The van der Waals surface area contributed by atoms with Crippen LogP contribution in [0.2, 0.25) is 5.02 Å². The van der Waals surface area contributed by atoms with Crippen molar-refractivity contribution < 1.29 is 0 Å². The Morgan fingerprint density at radius 3 is 2.47 bits per heavy atom. The fraction of sp³-hybridized carbons (Fsp3) is 0.500. The van der Waals surface area contributed by atoms with Crippen LogP contribution in [-0.2, 0) is 13.1 Å². The lowest BCUT2D eigenvalue weighted by Crippen LogP contribution is -2.08. The summed E-state index contributed by atoms with van der Waals surface area (Å²) in [6.45, 7) is 9.63. The molecule has 0 aliphatic carbocycles. The van der Waals surface area contributed by atoms with E-state index in [1.807, 2.05) is 24.9 Å². The first kappa shape index (κ1) is 12.2. The minimum atomic E-state index is 0.722. The van der Waals surface area contributed by atoms with Crippen LogP contribution in [0.1, 0.15) is 29.7 Å². The molecule has 92 valence electrons. The summed E-state index contributed by atoms with van der Waals surface area (Å²) in [6, 6.07) is 0. The van der Waals surface area contributed by atoms with Gasteiger partial charge in [0.2, 0.25) is 0 Å². The first-order chi connectivity index (χ1) is 8.04. The molecule has 0 aliphatic heterocycles. The second-order valence-corrected chi connectivity index (χ2v) is 4.58. The predicted molar refractivity (Wildman–Crippen MR) is 68.5 cm³/mol. The molecule has 0 bridgehead atoms.